The molecule has 3 aromatic carbocycles. The van der Waals surface area contributed by atoms with Crippen molar-refractivity contribution in [3.05, 3.63) is 88.0 Å². The van der Waals surface area contributed by atoms with E-state index in [1.165, 1.54) is 6.07 Å². The minimum Gasteiger partial charge on any atom is -0.486 e. The summed E-state index contributed by atoms with van der Waals surface area (Å²) in [5, 5.41) is 62.5. The fraction of sp³-hybridized carbons (Fsp3) is 0.462. The Balaban J connectivity index is 1.40. The molecule has 17 heteroatoms. The molecule has 10 unspecified atom stereocenters. The Morgan fingerprint density at radius 1 is 0.875 bits per heavy atom. The van der Waals surface area contributed by atoms with Gasteiger partial charge in [-0.3, -0.25) is 30.8 Å². The molecule has 2 bridgehead atoms. The Hall–Kier alpha value is -4.53. The number of para-hydroxylation sites is 1. The monoisotopic (exact) mass is 775 g/mol. The first kappa shape index (κ1) is 38.3. The van der Waals surface area contributed by atoms with Gasteiger partial charge in [0.25, 0.3) is 0 Å². The van der Waals surface area contributed by atoms with Gasteiger partial charge in [-0.1, -0.05) is 42.5 Å². The van der Waals surface area contributed by atoms with E-state index in [1.807, 2.05) is 29.2 Å². The number of nitrogens with zero attached hydrogens (tertiary/aromatic N) is 1. The minimum absolute atomic E-state index is 0.0149. The number of rotatable bonds is 8. The lowest BCUT2D eigenvalue weighted by atomic mass is 9.74. The Bertz CT molecular complexity index is 2000. The van der Waals surface area contributed by atoms with Crippen LogP contribution in [0.1, 0.15) is 61.7 Å². The number of benzene rings is 3. The van der Waals surface area contributed by atoms with Crippen molar-refractivity contribution in [2.24, 2.45) is 11.7 Å². The summed E-state index contributed by atoms with van der Waals surface area (Å²) < 4.78 is 25.0. The van der Waals surface area contributed by atoms with Crippen LogP contribution in [0.5, 0.6) is 11.5 Å². The second-order valence-corrected chi connectivity index (χ2v) is 14.6. The van der Waals surface area contributed by atoms with Gasteiger partial charge in [0.2, 0.25) is 12.2 Å². The highest BCUT2D eigenvalue weighted by molar-refractivity contribution is 6.29. The van der Waals surface area contributed by atoms with Crippen LogP contribution in [0.2, 0.25) is 0 Å². The molecule has 4 heterocycles. The SMILES string of the molecule is NC1NC(=O)C2NCN(c3ccccc3C3c4cc5c(c(OCCO)c4OC4OC(COCC3CCCO)C(O)C(O)C4O)C(=O)c3ccccc3C5=O)C2N1. The lowest BCUT2D eigenvalue weighted by Crippen LogP contribution is -2.70. The maximum Gasteiger partial charge on any atom is 0.242 e. The van der Waals surface area contributed by atoms with E-state index in [4.69, 9.17) is 24.7 Å². The number of nitrogens with one attached hydrogen (secondary N) is 3. The molecule has 0 radical (unpaired) electrons. The second-order valence-electron chi connectivity index (χ2n) is 14.6. The van der Waals surface area contributed by atoms with Crippen molar-refractivity contribution in [3.8, 4) is 11.5 Å². The van der Waals surface area contributed by atoms with Crippen LogP contribution in [0.25, 0.3) is 0 Å². The molecule has 17 nitrogen and oxygen atoms in total. The van der Waals surface area contributed by atoms with E-state index in [0.29, 0.717) is 29.7 Å². The molecular weight excluding hydrogens is 730 g/mol. The number of nitrogens with two attached hydrogens (primary N) is 1. The fourth-order valence-corrected chi connectivity index (χ4v) is 8.56. The van der Waals surface area contributed by atoms with E-state index in [1.54, 1.807) is 24.3 Å². The molecule has 0 aromatic heterocycles. The maximum atomic E-state index is 14.4. The third-order valence-corrected chi connectivity index (χ3v) is 11.2. The Kier molecular flexibility index (Phi) is 10.8. The van der Waals surface area contributed by atoms with E-state index < -0.39 is 79.2 Å². The number of carbonyl (C=O) groups excluding carboxylic acids is 3. The predicted molar refractivity (Wildman–Crippen MR) is 196 cm³/mol. The average molecular weight is 776 g/mol. The van der Waals surface area contributed by atoms with Crippen LogP contribution in [0.3, 0.4) is 0 Å². The van der Waals surface area contributed by atoms with E-state index >= 15 is 0 Å². The molecule has 1 aliphatic carbocycles. The van der Waals surface area contributed by atoms with Gasteiger partial charge in [-0.15, -0.1) is 0 Å². The van der Waals surface area contributed by atoms with Crippen LogP contribution in [0.15, 0.2) is 54.6 Å². The number of ketones is 2. The van der Waals surface area contributed by atoms with Crippen molar-refractivity contribution in [1.29, 1.82) is 0 Å². The van der Waals surface area contributed by atoms with Crippen LogP contribution >= 0.6 is 0 Å². The van der Waals surface area contributed by atoms with Gasteiger partial charge in [0.15, 0.2) is 23.1 Å². The summed E-state index contributed by atoms with van der Waals surface area (Å²) in [6.45, 7) is -0.899. The zero-order valence-electron chi connectivity index (χ0n) is 30.2. The number of fused-ring (bicyclic) bond motifs is 6. The van der Waals surface area contributed by atoms with Gasteiger partial charge in [-0.25, -0.2) is 0 Å². The van der Waals surface area contributed by atoms with E-state index in [9.17, 15) is 39.9 Å². The number of hydrogen-bond acceptors (Lipinski definition) is 16. The average Bonchev–Trinajstić information content (AvgIpc) is 3.62. The number of aliphatic hydroxyl groups excluding tert-OH is 5. The second kappa shape index (κ2) is 15.8. The first-order valence-corrected chi connectivity index (χ1v) is 18.7. The van der Waals surface area contributed by atoms with Gasteiger partial charge in [0.05, 0.1) is 32.1 Å². The van der Waals surface area contributed by atoms with Crippen LogP contribution in [-0.2, 0) is 14.3 Å². The third-order valence-electron chi connectivity index (χ3n) is 11.2. The molecule has 5 aliphatic rings. The largest absolute Gasteiger partial charge is 0.486 e. The summed E-state index contributed by atoms with van der Waals surface area (Å²) in [5.41, 5.74) is 8.06. The molecule has 10 N–H and O–H groups in total. The van der Waals surface area contributed by atoms with Gasteiger partial charge in [-0.05, 0) is 36.5 Å². The third kappa shape index (κ3) is 6.62. The van der Waals surface area contributed by atoms with Gasteiger partial charge in [0, 0.05) is 40.5 Å². The highest BCUT2D eigenvalue weighted by Crippen LogP contribution is 2.51. The standard InChI is InChI=1S/C39H45N5O12/c40-39-42-36-28(37(52)43-39)41-17-44(36)24-10-4-3-9-21(24)26-18(6-5-11-45)15-53-16-25-31(49)32(50)33(51)38(55-25)56-34-23(26)14-22-27(35(34)54-13-12-46)30(48)20-8-2-1-7-19(20)29(22)47/h1-4,7-10,14,18,25-26,28,31-33,36,38-39,41-42,45-46,49-51H,5-6,11-13,15-17,40H2,(H,43,52). The molecule has 8 rings (SSSR count). The molecule has 3 saturated heterocycles. The van der Waals surface area contributed by atoms with Crippen LogP contribution in [0.4, 0.5) is 5.69 Å². The summed E-state index contributed by atoms with van der Waals surface area (Å²) in [6.07, 6.45) is -8.53. The highest BCUT2D eigenvalue weighted by Gasteiger charge is 2.49. The summed E-state index contributed by atoms with van der Waals surface area (Å²) in [7, 11) is 0. The van der Waals surface area contributed by atoms with Crippen LogP contribution < -0.4 is 36.1 Å². The quantitative estimate of drug-likeness (QED) is 0.0997. The first-order valence-electron chi connectivity index (χ1n) is 18.7. The summed E-state index contributed by atoms with van der Waals surface area (Å²) >= 11 is 0. The number of amides is 1. The lowest BCUT2D eigenvalue weighted by Gasteiger charge is -2.40. The maximum absolute atomic E-state index is 14.4. The number of hydrogen-bond donors (Lipinski definition) is 9. The van der Waals surface area contributed by atoms with Gasteiger partial charge in [0.1, 0.15) is 49.5 Å². The van der Waals surface area contributed by atoms with Crippen molar-refractivity contribution >= 4 is 23.2 Å². The van der Waals surface area contributed by atoms with E-state index in [2.05, 4.69) is 16.0 Å². The molecule has 3 fully saturated rings. The number of aliphatic hydroxyl groups is 5. The van der Waals surface area contributed by atoms with Crippen molar-refractivity contribution < 1.29 is 58.9 Å². The number of carbonyl (C=O) groups is 3. The predicted octanol–water partition coefficient (Wildman–Crippen LogP) is -1.41. The van der Waals surface area contributed by atoms with Gasteiger partial charge < -0.3 is 54.7 Å². The Morgan fingerprint density at radius 3 is 2.39 bits per heavy atom. The number of anilines is 1. The summed E-state index contributed by atoms with van der Waals surface area (Å²) in [6, 6.07) is 14.8. The topological polar surface area (TPSA) is 255 Å². The zero-order chi connectivity index (χ0) is 39.2. The lowest BCUT2D eigenvalue weighted by molar-refractivity contribution is -0.280. The summed E-state index contributed by atoms with van der Waals surface area (Å²) in [4.78, 5) is 43.8. The van der Waals surface area contributed by atoms with Crippen molar-refractivity contribution in [2.75, 3.05) is 44.6 Å². The fourth-order valence-electron chi connectivity index (χ4n) is 8.56. The molecule has 0 spiro atoms. The van der Waals surface area contributed by atoms with Crippen molar-refractivity contribution in [1.82, 2.24) is 16.0 Å². The Labute approximate surface area is 321 Å². The molecule has 1 amide bonds. The van der Waals surface area contributed by atoms with Crippen LogP contribution in [-0.4, -0.2) is 132 Å². The smallest absolute Gasteiger partial charge is 0.242 e. The van der Waals surface area contributed by atoms with Crippen LogP contribution in [0, 0.1) is 5.92 Å². The summed E-state index contributed by atoms with van der Waals surface area (Å²) in [5.74, 6) is -2.83. The first-order chi connectivity index (χ1) is 27.1. The molecule has 0 saturated carbocycles. The molecular formula is C39H45N5O12. The van der Waals surface area contributed by atoms with E-state index in [-0.39, 0.29) is 72.8 Å². The molecule has 4 aliphatic heterocycles. The van der Waals surface area contributed by atoms with E-state index in [0.717, 1.165) is 0 Å². The highest BCUT2D eigenvalue weighted by atomic mass is 16.7. The molecule has 10 atom stereocenters. The Morgan fingerprint density at radius 2 is 1.62 bits per heavy atom. The molecule has 3 aromatic rings. The normalized spacial score (nSPS) is 31.2. The van der Waals surface area contributed by atoms with Gasteiger partial charge in [-0.2, -0.15) is 0 Å². The van der Waals surface area contributed by atoms with Gasteiger partial charge >= 0.3 is 0 Å². The zero-order valence-corrected chi connectivity index (χ0v) is 30.2. The molecule has 56 heavy (non-hydrogen) atoms. The van der Waals surface area contributed by atoms with Crippen molar-refractivity contribution in [2.45, 2.75) is 68.0 Å². The molecule has 298 valence electrons. The minimum atomic E-state index is -1.79. The number of ether oxygens (including phenoxy) is 4. The van der Waals surface area contributed by atoms with Crippen molar-refractivity contribution in [3.63, 3.8) is 0 Å².